The van der Waals surface area contributed by atoms with E-state index in [0.717, 1.165) is 0 Å². The molecule has 1 heterocycles. The van der Waals surface area contributed by atoms with E-state index in [-0.39, 0.29) is 19.0 Å². The van der Waals surface area contributed by atoms with Crippen molar-refractivity contribution in [2.75, 3.05) is 33.4 Å². The molecule has 0 spiro atoms. The Kier molecular flexibility index (Phi) is 5.01. The average molecular weight is 240 g/mol. The first-order valence-corrected chi connectivity index (χ1v) is 5.48. The summed E-state index contributed by atoms with van der Waals surface area (Å²) >= 11 is 0. The molecule has 2 N–H and O–H groups in total. The van der Waals surface area contributed by atoms with Crippen LogP contribution in [0, 0.1) is 5.92 Å². The van der Waals surface area contributed by atoms with Crippen LogP contribution in [0.5, 0.6) is 0 Å². The maximum Gasteiger partial charge on any atom is 0.393 e. The van der Waals surface area contributed by atoms with E-state index >= 15 is 0 Å². The molecule has 3 nitrogen and oxygen atoms in total. The van der Waals surface area contributed by atoms with Gasteiger partial charge in [-0.1, -0.05) is 0 Å². The summed E-state index contributed by atoms with van der Waals surface area (Å²) in [4.78, 5) is 1.80. The topological polar surface area (TPSA) is 38.5 Å². The SMILES string of the molecule is COCC(CN)N1CCCC(C(F)(F)F)C1. The molecule has 0 aromatic rings. The van der Waals surface area contributed by atoms with Gasteiger partial charge in [0.25, 0.3) is 0 Å². The standard InChI is InChI=1S/C10H19F3N2O/c1-16-7-9(5-14)15-4-2-3-8(6-15)10(11,12)13/h8-9H,2-7,14H2,1H3. The summed E-state index contributed by atoms with van der Waals surface area (Å²) in [5.41, 5.74) is 5.54. The molecule has 0 saturated carbocycles. The number of hydrogen-bond donors (Lipinski definition) is 1. The first kappa shape index (κ1) is 13.7. The van der Waals surface area contributed by atoms with Crippen LogP contribution in [0.2, 0.25) is 0 Å². The molecule has 2 unspecified atom stereocenters. The van der Waals surface area contributed by atoms with Crippen molar-refractivity contribution in [3.8, 4) is 0 Å². The number of ether oxygens (including phenoxy) is 1. The fraction of sp³-hybridized carbons (Fsp3) is 1.00. The molecule has 0 radical (unpaired) electrons. The molecule has 0 bridgehead atoms. The van der Waals surface area contributed by atoms with Crippen molar-refractivity contribution in [2.24, 2.45) is 11.7 Å². The van der Waals surface area contributed by atoms with Crippen LogP contribution in [-0.2, 0) is 4.74 Å². The first-order chi connectivity index (χ1) is 7.49. The smallest absolute Gasteiger partial charge is 0.383 e. The third-order valence-electron chi connectivity index (χ3n) is 3.06. The number of nitrogens with two attached hydrogens (primary N) is 1. The van der Waals surface area contributed by atoms with E-state index in [4.69, 9.17) is 10.5 Å². The van der Waals surface area contributed by atoms with Crippen LogP contribution in [0.25, 0.3) is 0 Å². The van der Waals surface area contributed by atoms with Crippen LogP contribution in [0.1, 0.15) is 12.8 Å². The van der Waals surface area contributed by atoms with Gasteiger partial charge in [0.15, 0.2) is 0 Å². The Labute approximate surface area is 93.7 Å². The highest BCUT2D eigenvalue weighted by atomic mass is 19.4. The Morgan fingerprint density at radius 3 is 2.69 bits per heavy atom. The summed E-state index contributed by atoms with van der Waals surface area (Å²) in [5.74, 6) is -1.22. The van der Waals surface area contributed by atoms with Gasteiger partial charge in [-0.2, -0.15) is 13.2 Å². The van der Waals surface area contributed by atoms with E-state index in [1.54, 1.807) is 4.90 Å². The minimum absolute atomic E-state index is 0.0503. The molecule has 96 valence electrons. The van der Waals surface area contributed by atoms with Gasteiger partial charge >= 0.3 is 6.18 Å². The van der Waals surface area contributed by atoms with Crippen molar-refractivity contribution >= 4 is 0 Å². The molecule has 0 amide bonds. The largest absolute Gasteiger partial charge is 0.393 e. The average Bonchev–Trinajstić information content (AvgIpc) is 2.25. The number of likely N-dealkylation sites (tertiary alicyclic amines) is 1. The molecule has 0 aromatic carbocycles. The van der Waals surface area contributed by atoms with Crippen LogP contribution in [0.4, 0.5) is 13.2 Å². The maximum atomic E-state index is 12.6. The number of nitrogens with zero attached hydrogens (tertiary/aromatic N) is 1. The predicted octanol–water partition coefficient (Wildman–Crippen LogP) is 1.23. The van der Waals surface area contributed by atoms with Crippen LogP contribution >= 0.6 is 0 Å². The Morgan fingerprint density at radius 2 is 2.19 bits per heavy atom. The third kappa shape index (κ3) is 3.61. The zero-order chi connectivity index (χ0) is 12.2. The Bertz CT molecular complexity index is 211. The van der Waals surface area contributed by atoms with Gasteiger partial charge < -0.3 is 10.5 Å². The molecule has 1 saturated heterocycles. The Balaban J connectivity index is 2.55. The van der Waals surface area contributed by atoms with Crippen molar-refractivity contribution in [1.29, 1.82) is 0 Å². The molecule has 6 heteroatoms. The zero-order valence-corrected chi connectivity index (χ0v) is 9.46. The van der Waals surface area contributed by atoms with Crippen molar-refractivity contribution < 1.29 is 17.9 Å². The van der Waals surface area contributed by atoms with E-state index in [2.05, 4.69) is 0 Å². The monoisotopic (exact) mass is 240 g/mol. The van der Waals surface area contributed by atoms with Crippen LogP contribution < -0.4 is 5.73 Å². The first-order valence-electron chi connectivity index (χ1n) is 5.48. The van der Waals surface area contributed by atoms with Crippen molar-refractivity contribution in [1.82, 2.24) is 4.90 Å². The van der Waals surface area contributed by atoms with Crippen molar-refractivity contribution in [3.63, 3.8) is 0 Å². The second kappa shape index (κ2) is 5.84. The van der Waals surface area contributed by atoms with Gasteiger partial charge in [0, 0.05) is 26.2 Å². The van der Waals surface area contributed by atoms with Gasteiger partial charge in [-0.25, -0.2) is 0 Å². The van der Waals surface area contributed by atoms with E-state index in [0.29, 0.717) is 26.1 Å². The van der Waals surface area contributed by atoms with E-state index in [9.17, 15) is 13.2 Å². The molecule has 1 rings (SSSR count). The second-order valence-electron chi connectivity index (χ2n) is 4.22. The van der Waals surface area contributed by atoms with E-state index in [1.807, 2.05) is 0 Å². The van der Waals surface area contributed by atoms with Crippen LogP contribution in [-0.4, -0.2) is 50.5 Å². The normalized spacial score (nSPS) is 25.7. The van der Waals surface area contributed by atoms with Crippen molar-refractivity contribution in [2.45, 2.75) is 25.1 Å². The maximum absolute atomic E-state index is 12.6. The fourth-order valence-corrected chi connectivity index (χ4v) is 2.12. The van der Waals surface area contributed by atoms with Gasteiger partial charge in [0.2, 0.25) is 0 Å². The summed E-state index contributed by atoms with van der Waals surface area (Å²) in [5, 5.41) is 0. The van der Waals surface area contributed by atoms with Crippen LogP contribution in [0.3, 0.4) is 0 Å². The van der Waals surface area contributed by atoms with E-state index < -0.39 is 12.1 Å². The summed E-state index contributed by atoms with van der Waals surface area (Å²) in [7, 11) is 1.54. The minimum Gasteiger partial charge on any atom is -0.383 e. The molecular formula is C10H19F3N2O. The summed E-state index contributed by atoms with van der Waals surface area (Å²) in [6.07, 6.45) is -3.29. The highest BCUT2D eigenvalue weighted by Gasteiger charge is 2.42. The lowest BCUT2D eigenvalue weighted by Gasteiger charge is -2.38. The van der Waals surface area contributed by atoms with Gasteiger partial charge in [-0.05, 0) is 19.4 Å². The second-order valence-corrected chi connectivity index (χ2v) is 4.22. The Hall–Kier alpha value is -0.330. The molecule has 1 aliphatic rings. The van der Waals surface area contributed by atoms with Crippen molar-refractivity contribution in [3.05, 3.63) is 0 Å². The van der Waals surface area contributed by atoms with Crippen LogP contribution in [0.15, 0.2) is 0 Å². The number of alkyl halides is 3. The molecule has 0 aliphatic carbocycles. The fourth-order valence-electron chi connectivity index (χ4n) is 2.12. The number of rotatable bonds is 4. The summed E-state index contributed by atoms with van der Waals surface area (Å²) < 4.78 is 42.7. The third-order valence-corrected chi connectivity index (χ3v) is 3.06. The highest BCUT2D eigenvalue weighted by Crippen LogP contribution is 2.33. The molecule has 1 aliphatic heterocycles. The molecule has 2 atom stereocenters. The minimum atomic E-state index is -4.09. The highest BCUT2D eigenvalue weighted by molar-refractivity contribution is 4.82. The summed E-state index contributed by atoms with van der Waals surface area (Å²) in [6.45, 7) is 1.45. The number of halogens is 3. The molecule has 16 heavy (non-hydrogen) atoms. The number of methoxy groups -OCH3 is 1. The van der Waals surface area contributed by atoms with E-state index in [1.165, 1.54) is 7.11 Å². The quantitative estimate of drug-likeness (QED) is 0.803. The molecular weight excluding hydrogens is 221 g/mol. The molecule has 0 aromatic heterocycles. The number of piperidine rings is 1. The number of hydrogen-bond acceptors (Lipinski definition) is 3. The summed E-state index contributed by atoms with van der Waals surface area (Å²) in [6, 6.07) is -0.102. The predicted molar refractivity (Wildman–Crippen MR) is 55.1 cm³/mol. The zero-order valence-electron chi connectivity index (χ0n) is 9.46. The lowest BCUT2D eigenvalue weighted by molar-refractivity contribution is -0.189. The lowest BCUT2D eigenvalue weighted by atomic mass is 9.96. The van der Waals surface area contributed by atoms with Gasteiger partial charge in [-0.3, -0.25) is 4.90 Å². The Morgan fingerprint density at radius 1 is 1.50 bits per heavy atom. The lowest BCUT2D eigenvalue weighted by Crippen LogP contribution is -2.50. The van der Waals surface area contributed by atoms with Gasteiger partial charge in [0.1, 0.15) is 0 Å². The van der Waals surface area contributed by atoms with Gasteiger partial charge in [-0.15, -0.1) is 0 Å². The van der Waals surface area contributed by atoms with Gasteiger partial charge in [0.05, 0.1) is 12.5 Å². The molecule has 1 fully saturated rings.